The molecule has 1 amide bonds. The van der Waals surface area contributed by atoms with Gasteiger partial charge in [0.25, 0.3) is 5.91 Å². The van der Waals surface area contributed by atoms with Crippen molar-refractivity contribution in [2.45, 2.75) is 69.5 Å². The summed E-state index contributed by atoms with van der Waals surface area (Å²) in [7, 11) is 0. The number of piperidine rings is 1. The molecule has 1 aliphatic heterocycles. The Kier molecular flexibility index (Phi) is 8.95. The minimum absolute atomic E-state index is 0.0207. The Morgan fingerprint density at radius 1 is 1.19 bits per heavy atom. The Morgan fingerprint density at radius 2 is 1.89 bits per heavy atom. The molecule has 2 aromatic rings. The molecular formula is C28H39F2N5O2. The normalized spacial score (nSPS) is 19.7. The Morgan fingerprint density at radius 3 is 2.54 bits per heavy atom. The first-order valence-electron chi connectivity index (χ1n) is 13.5. The number of amides is 1. The lowest BCUT2D eigenvalue weighted by molar-refractivity contribution is -0.137. The summed E-state index contributed by atoms with van der Waals surface area (Å²) in [6.45, 7) is 2.67. The molecule has 37 heavy (non-hydrogen) atoms. The highest BCUT2D eigenvalue weighted by atomic mass is 19.1. The Hall–Kier alpha value is -2.81. The van der Waals surface area contributed by atoms with Crippen molar-refractivity contribution in [3.8, 4) is 17.0 Å². The number of nitrogens with two attached hydrogens (primary N) is 1. The lowest BCUT2D eigenvalue weighted by Gasteiger charge is -2.43. The van der Waals surface area contributed by atoms with Crippen LogP contribution in [-0.2, 0) is 4.79 Å². The van der Waals surface area contributed by atoms with Crippen LogP contribution in [0.2, 0.25) is 0 Å². The zero-order valence-electron chi connectivity index (χ0n) is 21.7. The van der Waals surface area contributed by atoms with E-state index in [1.54, 1.807) is 24.4 Å². The van der Waals surface area contributed by atoms with Gasteiger partial charge in [-0.15, -0.1) is 0 Å². The summed E-state index contributed by atoms with van der Waals surface area (Å²) in [6, 6.07) is 9.07. The van der Waals surface area contributed by atoms with E-state index in [1.807, 2.05) is 24.0 Å². The summed E-state index contributed by atoms with van der Waals surface area (Å²) in [5, 5.41) is 3.10. The predicted octanol–water partition coefficient (Wildman–Crippen LogP) is 4.60. The number of alkyl halides is 2. The van der Waals surface area contributed by atoms with Gasteiger partial charge < -0.3 is 20.7 Å². The summed E-state index contributed by atoms with van der Waals surface area (Å²) < 4.78 is 33.5. The molecule has 1 saturated heterocycles. The molecular weight excluding hydrogens is 476 g/mol. The van der Waals surface area contributed by atoms with Crippen LogP contribution in [0, 0.1) is 5.92 Å². The Balaban J connectivity index is 1.39. The fourth-order valence-corrected chi connectivity index (χ4v) is 5.61. The molecule has 2 fully saturated rings. The zero-order chi connectivity index (χ0) is 26.3. The van der Waals surface area contributed by atoms with Crippen LogP contribution in [-0.4, -0.2) is 60.0 Å². The van der Waals surface area contributed by atoms with Gasteiger partial charge >= 0.3 is 0 Å². The van der Waals surface area contributed by atoms with Crippen molar-refractivity contribution in [3.05, 3.63) is 36.5 Å². The summed E-state index contributed by atoms with van der Waals surface area (Å²) >= 11 is 0. The third kappa shape index (κ3) is 6.55. The first kappa shape index (κ1) is 27.2. The second kappa shape index (κ2) is 12.2. The smallest absolute Gasteiger partial charge is 0.258 e. The molecule has 1 atom stereocenters. The minimum atomic E-state index is -1.92. The third-order valence-electron chi connectivity index (χ3n) is 7.95. The van der Waals surface area contributed by atoms with Gasteiger partial charge in [-0.25, -0.2) is 18.7 Å². The van der Waals surface area contributed by atoms with E-state index in [2.05, 4.69) is 15.3 Å². The van der Waals surface area contributed by atoms with Gasteiger partial charge in [-0.2, -0.15) is 0 Å². The highest BCUT2D eigenvalue weighted by Gasteiger charge is 2.46. The van der Waals surface area contributed by atoms with E-state index in [1.165, 1.54) is 6.42 Å². The van der Waals surface area contributed by atoms with Crippen molar-refractivity contribution in [2.75, 3.05) is 37.8 Å². The topological polar surface area (TPSA) is 93.4 Å². The number of aromatic nitrogens is 2. The lowest BCUT2D eigenvalue weighted by atomic mass is 9.73. The van der Waals surface area contributed by atoms with Crippen molar-refractivity contribution >= 4 is 11.9 Å². The third-order valence-corrected chi connectivity index (χ3v) is 7.95. The van der Waals surface area contributed by atoms with Gasteiger partial charge in [-0.05, 0) is 69.0 Å². The SMILES string of the molecule is CC(CCN)(NC(=O)C1(F)CCN(c2nccc(-c3ccc(OCCF)cc3)n2)CC1)C1CCCCC1. The molecule has 1 saturated carbocycles. The van der Waals surface area contributed by atoms with Crippen molar-refractivity contribution in [1.29, 1.82) is 0 Å². The highest BCUT2D eigenvalue weighted by Crippen LogP contribution is 2.36. The van der Waals surface area contributed by atoms with Crippen LogP contribution in [0.15, 0.2) is 36.5 Å². The number of halogens is 2. The molecule has 0 bridgehead atoms. The Labute approximate surface area is 218 Å². The predicted molar refractivity (Wildman–Crippen MR) is 141 cm³/mol. The second-order valence-corrected chi connectivity index (χ2v) is 10.5. The number of anilines is 1. The number of ether oxygens (including phenoxy) is 1. The van der Waals surface area contributed by atoms with Crippen LogP contribution in [0.25, 0.3) is 11.3 Å². The molecule has 2 heterocycles. The molecule has 7 nitrogen and oxygen atoms in total. The molecule has 9 heteroatoms. The molecule has 202 valence electrons. The number of benzene rings is 1. The zero-order valence-corrected chi connectivity index (χ0v) is 21.7. The van der Waals surface area contributed by atoms with Gasteiger partial charge in [0.05, 0.1) is 5.69 Å². The molecule has 1 aromatic carbocycles. The van der Waals surface area contributed by atoms with Crippen molar-refractivity contribution < 1.29 is 18.3 Å². The average Bonchev–Trinajstić information content (AvgIpc) is 2.93. The van der Waals surface area contributed by atoms with Crippen molar-refractivity contribution in [3.63, 3.8) is 0 Å². The van der Waals surface area contributed by atoms with E-state index in [0.29, 0.717) is 43.7 Å². The van der Waals surface area contributed by atoms with Gasteiger partial charge in [0.15, 0.2) is 5.67 Å². The van der Waals surface area contributed by atoms with E-state index in [-0.39, 0.29) is 19.4 Å². The first-order chi connectivity index (χ1) is 17.9. The van der Waals surface area contributed by atoms with Gasteiger partial charge in [-0.1, -0.05) is 19.3 Å². The molecule has 1 unspecified atom stereocenters. The van der Waals surface area contributed by atoms with Crippen molar-refractivity contribution in [1.82, 2.24) is 15.3 Å². The van der Waals surface area contributed by atoms with E-state index >= 15 is 4.39 Å². The Bertz CT molecular complexity index is 1020. The quantitative estimate of drug-likeness (QED) is 0.480. The maximum absolute atomic E-state index is 15.9. The van der Waals surface area contributed by atoms with E-state index in [9.17, 15) is 9.18 Å². The minimum Gasteiger partial charge on any atom is -0.491 e. The van der Waals surface area contributed by atoms with Crippen LogP contribution < -0.4 is 20.7 Å². The lowest BCUT2D eigenvalue weighted by Crippen LogP contribution is -2.60. The van der Waals surface area contributed by atoms with Gasteiger partial charge in [0, 0.05) is 43.2 Å². The molecule has 4 rings (SSSR count). The maximum Gasteiger partial charge on any atom is 0.258 e. The van der Waals surface area contributed by atoms with Crippen LogP contribution in [0.5, 0.6) is 5.75 Å². The van der Waals surface area contributed by atoms with Gasteiger partial charge in [0.1, 0.15) is 19.0 Å². The number of hydrogen-bond acceptors (Lipinski definition) is 6. The van der Waals surface area contributed by atoms with Crippen LogP contribution in [0.3, 0.4) is 0 Å². The first-order valence-corrected chi connectivity index (χ1v) is 13.5. The fourth-order valence-electron chi connectivity index (χ4n) is 5.61. The molecule has 1 aromatic heterocycles. The number of nitrogens with zero attached hydrogens (tertiary/aromatic N) is 3. The molecule has 3 N–H and O–H groups in total. The molecule has 0 spiro atoms. The summed E-state index contributed by atoms with van der Waals surface area (Å²) in [5.74, 6) is 0.916. The number of carbonyl (C=O) groups is 1. The monoisotopic (exact) mass is 515 g/mol. The highest BCUT2D eigenvalue weighted by molar-refractivity contribution is 5.86. The number of carbonyl (C=O) groups excluding carboxylic acids is 1. The van der Waals surface area contributed by atoms with E-state index in [0.717, 1.165) is 36.9 Å². The maximum atomic E-state index is 15.9. The fraction of sp³-hybridized carbons (Fsp3) is 0.607. The average molecular weight is 516 g/mol. The van der Waals surface area contributed by atoms with E-state index < -0.39 is 23.8 Å². The van der Waals surface area contributed by atoms with E-state index in [4.69, 9.17) is 10.5 Å². The summed E-state index contributed by atoms with van der Waals surface area (Å²) in [6.07, 6.45) is 8.09. The molecule has 1 aliphatic carbocycles. The molecule has 0 radical (unpaired) electrons. The largest absolute Gasteiger partial charge is 0.491 e. The number of rotatable bonds is 10. The summed E-state index contributed by atoms with van der Waals surface area (Å²) in [4.78, 5) is 24.2. The summed E-state index contributed by atoms with van der Waals surface area (Å²) in [5.41, 5.74) is 5.08. The van der Waals surface area contributed by atoms with Crippen LogP contribution >= 0.6 is 0 Å². The number of nitrogens with one attached hydrogen (secondary N) is 1. The standard InChI is InChI=1S/C28H39F2N5O2/c1-27(12-16-31,22-5-3-2-4-6-22)34-25(36)28(30)13-18-35(19-14-28)26-32-17-11-24(33-26)21-7-9-23(10-8-21)37-20-15-29/h7-11,17,22H,2-6,12-16,18-20,31H2,1H3,(H,34,36). The van der Waals surface area contributed by atoms with Gasteiger partial charge in [0.2, 0.25) is 5.95 Å². The van der Waals surface area contributed by atoms with Gasteiger partial charge in [-0.3, -0.25) is 4.79 Å². The van der Waals surface area contributed by atoms with Crippen LogP contribution in [0.1, 0.15) is 58.3 Å². The van der Waals surface area contributed by atoms with Crippen molar-refractivity contribution in [2.24, 2.45) is 11.7 Å². The number of hydrogen-bond donors (Lipinski definition) is 2. The van der Waals surface area contributed by atoms with Crippen LogP contribution in [0.4, 0.5) is 14.7 Å². The second-order valence-electron chi connectivity index (χ2n) is 10.5. The molecule has 2 aliphatic rings.